The van der Waals surface area contributed by atoms with Gasteiger partial charge in [-0.05, 0) is 46.8 Å². The molecule has 3 aromatic rings. The number of thiophene rings is 1. The Morgan fingerprint density at radius 1 is 1.23 bits per heavy atom. The van der Waals surface area contributed by atoms with Gasteiger partial charge in [0.2, 0.25) is 10.0 Å². The van der Waals surface area contributed by atoms with Crippen LogP contribution < -0.4 is 4.72 Å². The second-order valence-electron chi connectivity index (χ2n) is 6.50. The largest absolute Gasteiger partial charge is 0.314 e. The van der Waals surface area contributed by atoms with Gasteiger partial charge in [0.25, 0.3) is 0 Å². The number of hydrogen-bond acceptors (Lipinski definition) is 6. The molecular weight excluding hydrogens is 372 g/mol. The maximum Gasteiger partial charge on any atom is 0.242 e. The van der Waals surface area contributed by atoms with E-state index in [-0.39, 0.29) is 10.9 Å². The maximum absolute atomic E-state index is 12.9. The van der Waals surface area contributed by atoms with E-state index in [9.17, 15) is 8.42 Å². The molecule has 0 radical (unpaired) electrons. The van der Waals surface area contributed by atoms with Crippen molar-refractivity contribution in [2.75, 3.05) is 0 Å². The third-order valence-corrected chi connectivity index (χ3v) is 6.87. The lowest BCUT2D eigenvalue weighted by atomic mass is 10.3. The standard InChI is InChI=1S/C16H22N6O2S2/c1-9(2)22-8-17-20-16(22)11(4)21-26(23,24)15-7-14(25-12(15)5)13-6-10(3)18-19-13/h6-9,11,21H,1-5H3,(H,18,19)/t11-/m1/s1. The summed E-state index contributed by atoms with van der Waals surface area (Å²) in [6.07, 6.45) is 1.61. The summed E-state index contributed by atoms with van der Waals surface area (Å²) in [5.41, 5.74) is 1.67. The minimum Gasteiger partial charge on any atom is -0.314 e. The topological polar surface area (TPSA) is 106 Å². The first-order valence-corrected chi connectivity index (χ1v) is 10.5. The molecule has 10 heteroatoms. The third kappa shape index (κ3) is 3.57. The Kier molecular flexibility index (Phi) is 5.00. The number of aromatic nitrogens is 5. The van der Waals surface area contributed by atoms with Crippen LogP contribution in [-0.4, -0.2) is 33.4 Å². The Balaban J connectivity index is 1.89. The Morgan fingerprint density at radius 3 is 2.58 bits per heavy atom. The first-order valence-electron chi connectivity index (χ1n) is 8.23. The molecule has 3 aromatic heterocycles. The Morgan fingerprint density at radius 2 is 1.96 bits per heavy atom. The Labute approximate surface area is 156 Å². The molecule has 3 rings (SSSR count). The molecule has 0 saturated carbocycles. The van der Waals surface area contributed by atoms with Crippen LogP contribution in [0.3, 0.4) is 0 Å². The number of aryl methyl sites for hydroxylation is 2. The van der Waals surface area contributed by atoms with E-state index in [4.69, 9.17) is 0 Å². The lowest BCUT2D eigenvalue weighted by Crippen LogP contribution is -2.29. The first kappa shape index (κ1) is 18.7. The van der Waals surface area contributed by atoms with Gasteiger partial charge in [-0.15, -0.1) is 21.5 Å². The van der Waals surface area contributed by atoms with Crippen molar-refractivity contribution in [2.45, 2.75) is 51.6 Å². The SMILES string of the molecule is Cc1cc(-c2cc(S(=O)(=O)N[C@H](C)c3nncn3C(C)C)c(C)s2)n[nH]1. The fraction of sp³-hybridized carbons (Fsp3) is 0.438. The van der Waals surface area contributed by atoms with Crippen LogP contribution in [0.2, 0.25) is 0 Å². The molecule has 0 spiro atoms. The van der Waals surface area contributed by atoms with Gasteiger partial charge in [0.1, 0.15) is 12.0 Å². The molecule has 26 heavy (non-hydrogen) atoms. The summed E-state index contributed by atoms with van der Waals surface area (Å²) in [7, 11) is -3.70. The van der Waals surface area contributed by atoms with Crippen molar-refractivity contribution in [3.05, 3.63) is 34.9 Å². The number of nitrogens with one attached hydrogen (secondary N) is 2. The van der Waals surface area contributed by atoms with Crippen LogP contribution in [0.15, 0.2) is 23.4 Å². The summed E-state index contributed by atoms with van der Waals surface area (Å²) in [6, 6.07) is 3.20. The van der Waals surface area contributed by atoms with E-state index >= 15 is 0 Å². The van der Waals surface area contributed by atoms with Gasteiger partial charge >= 0.3 is 0 Å². The van der Waals surface area contributed by atoms with E-state index in [2.05, 4.69) is 25.1 Å². The molecule has 3 heterocycles. The van der Waals surface area contributed by atoms with Crippen LogP contribution in [0.4, 0.5) is 0 Å². The normalized spacial score (nSPS) is 13.5. The van der Waals surface area contributed by atoms with Crippen LogP contribution in [0, 0.1) is 13.8 Å². The highest BCUT2D eigenvalue weighted by Crippen LogP contribution is 2.33. The first-order chi connectivity index (χ1) is 12.2. The average molecular weight is 395 g/mol. The number of H-pyrrole nitrogens is 1. The monoisotopic (exact) mass is 394 g/mol. The predicted octanol–water partition coefficient (Wildman–Crippen LogP) is 2.97. The van der Waals surface area contributed by atoms with Gasteiger partial charge in [-0.25, -0.2) is 13.1 Å². The summed E-state index contributed by atoms with van der Waals surface area (Å²) in [5, 5.41) is 15.0. The van der Waals surface area contributed by atoms with Crippen LogP contribution in [0.25, 0.3) is 10.6 Å². The summed E-state index contributed by atoms with van der Waals surface area (Å²) < 4.78 is 30.4. The van der Waals surface area contributed by atoms with Crippen molar-refractivity contribution in [2.24, 2.45) is 0 Å². The third-order valence-electron chi connectivity index (χ3n) is 4.00. The lowest BCUT2D eigenvalue weighted by molar-refractivity contribution is 0.514. The zero-order valence-electron chi connectivity index (χ0n) is 15.3. The number of aromatic amines is 1. The average Bonchev–Trinajstić information content (AvgIpc) is 3.25. The van der Waals surface area contributed by atoms with Crippen molar-refractivity contribution in [3.8, 4) is 10.6 Å². The zero-order chi connectivity index (χ0) is 19.1. The smallest absolute Gasteiger partial charge is 0.242 e. The van der Waals surface area contributed by atoms with Gasteiger partial charge in [-0.2, -0.15) is 5.10 Å². The molecule has 8 nitrogen and oxygen atoms in total. The van der Waals surface area contributed by atoms with Crippen molar-refractivity contribution < 1.29 is 8.42 Å². The fourth-order valence-electron chi connectivity index (χ4n) is 2.71. The summed E-state index contributed by atoms with van der Waals surface area (Å²) in [6.45, 7) is 9.46. The molecule has 0 amide bonds. The second kappa shape index (κ2) is 6.93. The highest BCUT2D eigenvalue weighted by molar-refractivity contribution is 7.89. The van der Waals surface area contributed by atoms with E-state index in [1.54, 1.807) is 26.2 Å². The van der Waals surface area contributed by atoms with Crippen molar-refractivity contribution in [1.82, 2.24) is 29.7 Å². The van der Waals surface area contributed by atoms with Gasteiger partial charge in [0, 0.05) is 16.6 Å². The van der Waals surface area contributed by atoms with Gasteiger partial charge in [0.05, 0.1) is 15.8 Å². The highest BCUT2D eigenvalue weighted by atomic mass is 32.2. The minimum absolute atomic E-state index is 0.143. The quantitative estimate of drug-likeness (QED) is 0.669. The van der Waals surface area contributed by atoms with Crippen LogP contribution >= 0.6 is 11.3 Å². The number of hydrogen-bond donors (Lipinski definition) is 2. The minimum atomic E-state index is -3.70. The molecule has 0 aliphatic heterocycles. The van der Waals surface area contributed by atoms with E-state index in [1.165, 1.54) is 11.3 Å². The van der Waals surface area contributed by atoms with E-state index < -0.39 is 16.1 Å². The lowest BCUT2D eigenvalue weighted by Gasteiger charge is -2.16. The molecule has 0 saturated heterocycles. The van der Waals surface area contributed by atoms with E-state index in [0.717, 1.165) is 16.3 Å². The molecule has 0 aromatic carbocycles. The Hall–Kier alpha value is -2.04. The maximum atomic E-state index is 12.9. The Bertz CT molecular complexity index is 1020. The molecule has 0 unspecified atom stereocenters. The molecular formula is C16H22N6O2S2. The fourth-order valence-corrected chi connectivity index (χ4v) is 5.46. The highest BCUT2D eigenvalue weighted by Gasteiger charge is 2.26. The molecule has 0 aliphatic rings. The number of nitrogens with zero attached hydrogens (tertiary/aromatic N) is 4. The van der Waals surface area contributed by atoms with Crippen LogP contribution in [-0.2, 0) is 10.0 Å². The molecule has 2 N–H and O–H groups in total. The number of rotatable bonds is 6. The van der Waals surface area contributed by atoms with Crippen LogP contribution in [0.5, 0.6) is 0 Å². The van der Waals surface area contributed by atoms with Gasteiger partial charge < -0.3 is 4.57 Å². The molecule has 0 aliphatic carbocycles. The van der Waals surface area contributed by atoms with E-state index in [1.807, 2.05) is 31.4 Å². The van der Waals surface area contributed by atoms with Crippen molar-refractivity contribution in [1.29, 1.82) is 0 Å². The molecule has 0 fully saturated rings. The zero-order valence-corrected chi connectivity index (χ0v) is 16.9. The summed E-state index contributed by atoms with van der Waals surface area (Å²) in [4.78, 5) is 1.79. The van der Waals surface area contributed by atoms with Crippen LogP contribution in [0.1, 0.15) is 49.3 Å². The number of sulfonamides is 1. The summed E-state index contributed by atoms with van der Waals surface area (Å²) in [5.74, 6) is 0.583. The summed E-state index contributed by atoms with van der Waals surface area (Å²) >= 11 is 1.41. The molecule has 140 valence electrons. The van der Waals surface area contributed by atoms with E-state index in [0.29, 0.717) is 10.7 Å². The van der Waals surface area contributed by atoms with Gasteiger partial charge in [-0.3, -0.25) is 5.10 Å². The second-order valence-corrected chi connectivity index (χ2v) is 9.44. The van der Waals surface area contributed by atoms with Crippen molar-refractivity contribution in [3.63, 3.8) is 0 Å². The predicted molar refractivity (Wildman–Crippen MR) is 101 cm³/mol. The van der Waals surface area contributed by atoms with Gasteiger partial charge in [-0.1, -0.05) is 0 Å². The molecule has 1 atom stereocenters. The van der Waals surface area contributed by atoms with Crippen molar-refractivity contribution >= 4 is 21.4 Å². The molecule has 0 bridgehead atoms. The van der Waals surface area contributed by atoms with Gasteiger partial charge in [0.15, 0.2) is 5.82 Å².